The van der Waals surface area contributed by atoms with Crippen LogP contribution in [-0.4, -0.2) is 80.1 Å². The number of carbonyl (C=O) groups excluding carboxylic acids is 2. The van der Waals surface area contributed by atoms with Crippen LogP contribution in [0.1, 0.15) is 13.3 Å². The predicted octanol–water partition coefficient (Wildman–Crippen LogP) is 0.239. The molecule has 1 aliphatic heterocycles. The largest absolute Gasteiger partial charge is 0.469 e. The maximum atomic E-state index is 11.9. The van der Waals surface area contributed by atoms with Crippen molar-refractivity contribution in [1.82, 2.24) is 14.7 Å². The first-order valence-electron chi connectivity index (χ1n) is 6.37. The van der Waals surface area contributed by atoms with Crippen molar-refractivity contribution in [3.05, 3.63) is 0 Å². The van der Waals surface area contributed by atoms with Crippen LogP contribution in [0, 0.1) is 0 Å². The molecular weight excluding hydrogens is 234 g/mol. The molecule has 6 heteroatoms. The second kappa shape index (κ2) is 7.20. The highest BCUT2D eigenvalue weighted by Gasteiger charge is 2.22. The molecule has 0 aromatic rings. The number of methoxy groups -OCH3 is 1. The van der Waals surface area contributed by atoms with Gasteiger partial charge in [-0.3, -0.25) is 9.69 Å². The van der Waals surface area contributed by atoms with Crippen molar-refractivity contribution < 1.29 is 14.3 Å². The summed E-state index contributed by atoms with van der Waals surface area (Å²) in [6.07, 6.45) is 0.416. The Balaban J connectivity index is 2.28. The minimum Gasteiger partial charge on any atom is -0.469 e. The van der Waals surface area contributed by atoms with E-state index in [1.807, 2.05) is 18.9 Å². The fourth-order valence-corrected chi connectivity index (χ4v) is 1.89. The van der Waals surface area contributed by atoms with Crippen molar-refractivity contribution >= 4 is 12.0 Å². The maximum absolute atomic E-state index is 11.9. The third kappa shape index (κ3) is 4.18. The number of amides is 2. The smallest absolute Gasteiger partial charge is 0.319 e. The molecule has 0 unspecified atom stereocenters. The molecule has 0 spiro atoms. The number of hydrogen-bond donors (Lipinski definition) is 0. The lowest BCUT2D eigenvalue weighted by molar-refractivity contribution is -0.141. The Labute approximate surface area is 108 Å². The van der Waals surface area contributed by atoms with Gasteiger partial charge in [0.15, 0.2) is 0 Å². The summed E-state index contributed by atoms with van der Waals surface area (Å²) in [7, 11) is 3.21. The minimum absolute atomic E-state index is 0.0881. The Morgan fingerprint density at radius 2 is 1.83 bits per heavy atom. The van der Waals surface area contributed by atoms with Crippen LogP contribution in [0.25, 0.3) is 0 Å². The van der Waals surface area contributed by atoms with Gasteiger partial charge in [-0.05, 0) is 6.92 Å². The number of carbonyl (C=O) groups is 2. The highest BCUT2D eigenvalue weighted by atomic mass is 16.5. The van der Waals surface area contributed by atoms with Crippen LogP contribution in [0.4, 0.5) is 4.79 Å². The number of piperazine rings is 1. The van der Waals surface area contributed by atoms with Gasteiger partial charge in [-0.15, -0.1) is 0 Å². The zero-order valence-electron chi connectivity index (χ0n) is 11.5. The monoisotopic (exact) mass is 257 g/mol. The zero-order valence-corrected chi connectivity index (χ0v) is 11.5. The number of rotatable bonds is 4. The van der Waals surface area contributed by atoms with Crippen molar-refractivity contribution in [2.45, 2.75) is 13.3 Å². The summed E-state index contributed by atoms with van der Waals surface area (Å²) < 4.78 is 4.61. The SMILES string of the molecule is CCN(C)C(=O)N1CCN(CCC(=O)OC)CC1. The van der Waals surface area contributed by atoms with Crippen molar-refractivity contribution in [3.8, 4) is 0 Å². The second-order valence-corrected chi connectivity index (χ2v) is 4.45. The van der Waals surface area contributed by atoms with Crippen molar-refractivity contribution in [2.24, 2.45) is 0 Å². The molecule has 0 N–H and O–H groups in total. The number of nitrogens with zero attached hydrogens (tertiary/aromatic N) is 3. The van der Waals surface area contributed by atoms with Crippen LogP contribution in [0.2, 0.25) is 0 Å². The molecule has 0 saturated carbocycles. The Bertz CT molecular complexity index is 288. The fourth-order valence-electron chi connectivity index (χ4n) is 1.89. The number of esters is 1. The summed E-state index contributed by atoms with van der Waals surface area (Å²) in [5, 5.41) is 0. The van der Waals surface area contributed by atoms with Gasteiger partial charge in [0.1, 0.15) is 0 Å². The standard InChI is InChI=1S/C12H23N3O3/c1-4-13(2)12(17)15-9-7-14(8-10-15)6-5-11(16)18-3/h4-10H2,1-3H3. The lowest BCUT2D eigenvalue weighted by Crippen LogP contribution is -2.52. The molecule has 0 aliphatic carbocycles. The Morgan fingerprint density at radius 1 is 1.22 bits per heavy atom. The summed E-state index contributed by atoms with van der Waals surface area (Å²) in [5.41, 5.74) is 0. The van der Waals surface area contributed by atoms with Gasteiger partial charge in [0, 0.05) is 46.3 Å². The topological polar surface area (TPSA) is 53.1 Å². The average molecular weight is 257 g/mol. The summed E-state index contributed by atoms with van der Waals surface area (Å²) in [4.78, 5) is 28.7. The van der Waals surface area contributed by atoms with Crippen molar-refractivity contribution in [2.75, 3.05) is 53.4 Å². The molecule has 0 aromatic heterocycles. The van der Waals surface area contributed by atoms with E-state index in [-0.39, 0.29) is 12.0 Å². The summed E-state index contributed by atoms with van der Waals surface area (Å²) in [5.74, 6) is -0.181. The van der Waals surface area contributed by atoms with Gasteiger partial charge in [-0.1, -0.05) is 0 Å². The van der Waals surface area contributed by atoms with Crippen LogP contribution in [0.15, 0.2) is 0 Å². The maximum Gasteiger partial charge on any atom is 0.319 e. The van der Waals surface area contributed by atoms with Gasteiger partial charge in [-0.25, -0.2) is 4.79 Å². The van der Waals surface area contributed by atoms with Gasteiger partial charge in [0.05, 0.1) is 13.5 Å². The first-order chi connectivity index (χ1) is 8.58. The van der Waals surface area contributed by atoms with Gasteiger partial charge in [0.25, 0.3) is 0 Å². The summed E-state index contributed by atoms with van der Waals surface area (Å²) >= 11 is 0. The van der Waals surface area contributed by atoms with E-state index < -0.39 is 0 Å². The summed E-state index contributed by atoms with van der Waals surface area (Å²) in [6.45, 7) is 6.49. The lowest BCUT2D eigenvalue weighted by atomic mass is 10.3. The van der Waals surface area contributed by atoms with E-state index in [0.29, 0.717) is 13.0 Å². The number of ether oxygens (including phenoxy) is 1. The molecule has 1 aliphatic rings. The van der Waals surface area contributed by atoms with Crippen molar-refractivity contribution in [3.63, 3.8) is 0 Å². The minimum atomic E-state index is -0.181. The molecular formula is C12H23N3O3. The van der Waals surface area contributed by atoms with Crippen LogP contribution >= 0.6 is 0 Å². The molecule has 2 amide bonds. The Hall–Kier alpha value is -1.30. The van der Waals surface area contributed by atoms with E-state index in [0.717, 1.165) is 32.7 Å². The number of hydrogen-bond acceptors (Lipinski definition) is 4. The molecule has 104 valence electrons. The molecule has 0 radical (unpaired) electrons. The molecule has 0 aromatic carbocycles. The normalized spacial score (nSPS) is 16.5. The van der Waals surface area contributed by atoms with Crippen LogP contribution in [-0.2, 0) is 9.53 Å². The molecule has 0 bridgehead atoms. The fraction of sp³-hybridized carbons (Fsp3) is 0.833. The van der Waals surface area contributed by atoms with E-state index in [1.54, 1.807) is 4.90 Å². The first-order valence-corrected chi connectivity index (χ1v) is 6.37. The van der Waals surface area contributed by atoms with Crippen LogP contribution in [0.5, 0.6) is 0 Å². The van der Waals surface area contributed by atoms with Gasteiger partial charge < -0.3 is 14.5 Å². The molecule has 18 heavy (non-hydrogen) atoms. The third-order valence-corrected chi connectivity index (χ3v) is 3.30. The number of urea groups is 1. The summed E-state index contributed by atoms with van der Waals surface area (Å²) in [6, 6.07) is 0.0881. The van der Waals surface area contributed by atoms with E-state index in [2.05, 4.69) is 9.64 Å². The molecule has 1 rings (SSSR count). The predicted molar refractivity (Wildman–Crippen MR) is 68.3 cm³/mol. The van der Waals surface area contributed by atoms with Crippen LogP contribution < -0.4 is 0 Å². The molecule has 1 fully saturated rings. The second-order valence-electron chi connectivity index (χ2n) is 4.45. The lowest BCUT2D eigenvalue weighted by Gasteiger charge is -2.36. The zero-order chi connectivity index (χ0) is 13.5. The Morgan fingerprint density at radius 3 is 2.33 bits per heavy atom. The van der Waals surface area contributed by atoms with Crippen molar-refractivity contribution in [1.29, 1.82) is 0 Å². The average Bonchev–Trinajstić information content (AvgIpc) is 2.43. The highest BCUT2D eigenvalue weighted by molar-refractivity contribution is 5.74. The molecule has 1 saturated heterocycles. The van der Waals surface area contributed by atoms with E-state index >= 15 is 0 Å². The molecule has 6 nitrogen and oxygen atoms in total. The van der Waals surface area contributed by atoms with Gasteiger partial charge >= 0.3 is 12.0 Å². The third-order valence-electron chi connectivity index (χ3n) is 3.30. The van der Waals surface area contributed by atoms with Crippen LogP contribution in [0.3, 0.4) is 0 Å². The van der Waals surface area contributed by atoms with Gasteiger partial charge in [-0.2, -0.15) is 0 Å². The van der Waals surface area contributed by atoms with Gasteiger partial charge in [0.2, 0.25) is 0 Å². The van der Waals surface area contributed by atoms with E-state index in [9.17, 15) is 9.59 Å². The highest BCUT2D eigenvalue weighted by Crippen LogP contribution is 2.05. The van der Waals surface area contributed by atoms with E-state index in [4.69, 9.17) is 0 Å². The van der Waals surface area contributed by atoms with E-state index in [1.165, 1.54) is 7.11 Å². The Kier molecular flexibility index (Phi) is 5.91. The first kappa shape index (κ1) is 14.8. The molecule has 0 atom stereocenters. The quantitative estimate of drug-likeness (QED) is 0.677. The molecule has 1 heterocycles.